The number of nitrogens with zero attached hydrogens (tertiary/aromatic N) is 4. The van der Waals surface area contributed by atoms with E-state index in [0.717, 1.165) is 74.3 Å². The molecular formula is C27H34N4O2. The number of aromatic nitrogens is 2. The summed E-state index contributed by atoms with van der Waals surface area (Å²) in [5, 5.41) is 9.74. The molecule has 2 aliphatic rings. The number of carbonyl (C=O) groups is 1. The molecule has 2 aromatic carbocycles. The highest BCUT2D eigenvalue weighted by molar-refractivity contribution is 5.92. The molecule has 3 heterocycles. The third kappa shape index (κ3) is 5.95. The average Bonchev–Trinajstić information content (AvgIpc) is 2.85. The number of carboxylic acid groups (broad SMARTS) is 1. The van der Waals surface area contributed by atoms with Gasteiger partial charge in [-0.15, -0.1) is 0 Å². The van der Waals surface area contributed by atoms with E-state index in [1.807, 2.05) is 13.1 Å². The molecule has 0 spiro atoms. The molecule has 0 bridgehead atoms. The van der Waals surface area contributed by atoms with E-state index in [-0.39, 0.29) is 5.92 Å². The Bertz CT molecular complexity index is 1060. The zero-order valence-electron chi connectivity index (χ0n) is 19.7. The molecule has 2 aliphatic heterocycles. The van der Waals surface area contributed by atoms with Crippen LogP contribution < -0.4 is 0 Å². The fourth-order valence-electron chi connectivity index (χ4n) is 4.62. The summed E-state index contributed by atoms with van der Waals surface area (Å²) < 4.78 is 0. The van der Waals surface area contributed by atoms with Crippen LogP contribution in [0.15, 0.2) is 54.6 Å². The standard InChI is InChI=1S/C20H21N3.C7H13NO2/c1-23-13-11-16(12-14-23)20-21-18-10-6-5-9-17(18)19(22-20)15-7-3-2-4-8-15;1-8-4-2-6(3-5-8)7(9)10/h2-10,16H,11-14H2,1H3;6H,2-5H2,1H3,(H,9,10). The number of carboxylic acids is 1. The summed E-state index contributed by atoms with van der Waals surface area (Å²) in [6.45, 7) is 4.11. The van der Waals surface area contributed by atoms with Gasteiger partial charge in [0.15, 0.2) is 0 Å². The second kappa shape index (κ2) is 10.9. The van der Waals surface area contributed by atoms with Crippen LogP contribution in [-0.4, -0.2) is 71.1 Å². The van der Waals surface area contributed by atoms with Crippen LogP contribution in [0.5, 0.6) is 0 Å². The number of piperidine rings is 2. The number of hydrogen-bond donors (Lipinski definition) is 1. The van der Waals surface area contributed by atoms with Crippen molar-refractivity contribution in [1.82, 2.24) is 19.8 Å². The van der Waals surface area contributed by atoms with Crippen LogP contribution in [-0.2, 0) is 4.79 Å². The third-order valence-electron chi connectivity index (χ3n) is 6.82. The second-order valence-corrected chi connectivity index (χ2v) is 9.31. The summed E-state index contributed by atoms with van der Waals surface area (Å²) in [7, 11) is 4.21. The number of likely N-dealkylation sites (tertiary alicyclic amines) is 2. The van der Waals surface area contributed by atoms with Crippen LogP contribution in [0.2, 0.25) is 0 Å². The molecule has 0 unspecified atom stereocenters. The maximum absolute atomic E-state index is 10.4. The van der Waals surface area contributed by atoms with E-state index in [0.29, 0.717) is 5.92 Å². The Morgan fingerprint density at radius 3 is 2.03 bits per heavy atom. The van der Waals surface area contributed by atoms with Gasteiger partial charge in [0, 0.05) is 16.9 Å². The highest BCUT2D eigenvalue weighted by atomic mass is 16.4. The third-order valence-corrected chi connectivity index (χ3v) is 6.82. The molecular weight excluding hydrogens is 412 g/mol. The van der Waals surface area contributed by atoms with E-state index < -0.39 is 5.97 Å². The number of fused-ring (bicyclic) bond motifs is 1. The Kier molecular flexibility index (Phi) is 7.68. The molecule has 1 aromatic heterocycles. The van der Waals surface area contributed by atoms with Gasteiger partial charge in [0.1, 0.15) is 5.82 Å². The van der Waals surface area contributed by atoms with E-state index in [1.54, 1.807) is 0 Å². The monoisotopic (exact) mass is 446 g/mol. The van der Waals surface area contributed by atoms with Crippen LogP contribution >= 0.6 is 0 Å². The van der Waals surface area contributed by atoms with E-state index in [2.05, 4.69) is 65.4 Å². The topological polar surface area (TPSA) is 69.6 Å². The normalized spacial score (nSPS) is 18.6. The van der Waals surface area contributed by atoms with Crippen molar-refractivity contribution >= 4 is 16.9 Å². The van der Waals surface area contributed by atoms with E-state index in [4.69, 9.17) is 15.1 Å². The summed E-state index contributed by atoms with van der Waals surface area (Å²) in [6, 6.07) is 18.8. The molecule has 2 saturated heterocycles. The van der Waals surface area contributed by atoms with Crippen LogP contribution in [0.4, 0.5) is 0 Å². The molecule has 1 N–H and O–H groups in total. The van der Waals surface area contributed by atoms with Gasteiger partial charge in [-0.3, -0.25) is 4.79 Å². The van der Waals surface area contributed by atoms with Crippen LogP contribution in [0.25, 0.3) is 22.2 Å². The Labute approximate surface area is 196 Å². The van der Waals surface area contributed by atoms with Gasteiger partial charge < -0.3 is 14.9 Å². The quantitative estimate of drug-likeness (QED) is 0.638. The predicted molar refractivity (Wildman–Crippen MR) is 132 cm³/mol. The molecule has 6 nitrogen and oxygen atoms in total. The van der Waals surface area contributed by atoms with Gasteiger partial charge in [-0.1, -0.05) is 48.5 Å². The first-order chi connectivity index (χ1) is 16.0. The highest BCUT2D eigenvalue weighted by Crippen LogP contribution is 2.31. The maximum Gasteiger partial charge on any atom is 0.306 e. The summed E-state index contributed by atoms with van der Waals surface area (Å²) in [5.41, 5.74) is 3.28. The fraction of sp³-hybridized carbons (Fsp3) is 0.444. The van der Waals surface area contributed by atoms with Gasteiger partial charge in [-0.05, 0) is 72.0 Å². The van der Waals surface area contributed by atoms with Crippen LogP contribution in [0.1, 0.15) is 37.4 Å². The fourth-order valence-corrected chi connectivity index (χ4v) is 4.62. The molecule has 0 aliphatic carbocycles. The molecule has 6 heteroatoms. The zero-order valence-corrected chi connectivity index (χ0v) is 19.7. The van der Waals surface area contributed by atoms with E-state index >= 15 is 0 Å². The predicted octanol–water partition coefficient (Wildman–Crippen LogP) is 4.52. The summed E-state index contributed by atoms with van der Waals surface area (Å²) in [5.74, 6) is 0.762. The lowest BCUT2D eigenvalue weighted by Crippen LogP contribution is -2.33. The van der Waals surface area contributed by atoms with Crippen LogP contribution in [0, 0.1) is 5.92 Å². The molecule has 0 saturated carbocycles. The van der Waals surface area contributed by atoms with Gasteiger partial charge in [-0.2, -0.15) is 0 Å². The Morgan fingerprint density at radius 2 is 1.39 bits per heavy atom. The van der Waals surface area contributed by atoms with Crippen molar-refractivity contribution in [1.29, 1.82) is 0 Å². The van der Waals surface area contributed by atoms with Crippen molar-refractivity contribution in [2.45, 2.75) is 31.6 Å². The van der Waals surface area contributed by atoms with E-state index in [9.17, 15) is 4.79 Å². The molecule has 3 aromatic rings. The first-order valence-electron chi connectivity index (χ1n) is 11.9. The summed E-state index contributed by atoms with van der Waals surface area (Å²) in [4.78, 5) is 24.9. The lowest BCUT2D eigenvalue weighted by Gasteiger charge is -2.28. The Balaban J connectivity index is 0.000000219. The molecule has 5 rings (SSSR count). The SMILES string of the molecule is CN1CCC(C(=O)O)CC1.CN1CCC(c2nc(-c3ccccc3)c3ccccc3n2)CC1. The average molecular weight is 447 g/mol. The molecule has 2 fully saturated rings. The zero-order chi connectivity index (χ0) is 23.2. The lowest BCUT2D eigenvalue weighted by molar-refractivity contribution is -0.143. The minimum atomic E-state index is -0.631. The lowest BCUT2D eigenvalue weighted by atomic mass is 9.95. The minimum absolute atomic E-state index is 0.0869. The maximum atomic E-state index is 10.4. The molecule has 0 radical (unpaired) electrons. The first kappa shape index (κ1) is 23.3. The second-order valence-electron chi connectivity index (χ2n) is 9.31. The van der Waals surface area contributed by atoms with Gasteiger partial charge >= 0.3 is 5.97 Å². The van der Waals surface area contributed by atoms with Crippen molar-refractivity contribution in [2.24, 2.45) is 5.92 Å². The number of aliphatic carboxylic acids is 1. The number of hydrogen-bond acceptors (Lipinski definition) is 5. The molecule has 33 heavy (non-hydrogen) atoms. The number of para-hydroxylation sites is 1. The van der Waals surface area contributed by atoms with Gasteiger partial charge in [-0.25, -0.2) is 9.97 Å². The van der Waals surface area contributed by atoms with Gasteiger partial charge in [0.25, 0.3) is 0 Å². The van der Waals surface area contributed by atoms with Crippen LogP contribution in [0.3, 0.4) is 0 Å². The highest BCUT2D eigenvalue weighted by Gasteiger charge is 2.23. The smallest absolute Gasteiger partial charge is 0.306 e. The van der Waals surface area contributed by atoms with Crippen molar-refractivity contribution < 1.29 is 9.90 Å². The molecule has 0 amide bonds. The van der Waals surface area contributed by atoms with Gasteiger partial charge in [0.2, 0.25) is 0 Å². The van der Waals surface area contributed by atoms with E-state index in [1.165, 1.54) is 5.56 Å². The summed E-state index contributed by atoms with van der Waals surface area (Å²) in [6.07, 6.45) is 3.91. The minimum Gasteiger partial charge on any atom is -0.481 e. The number of benzene rings is 2. The first-order valence-corrected chi connectivity index (χ1v) is 11.9. The van der Waals surface area contributed by atoms with Crippen molar-refractivity contribution in [3.05, 3.63) is 60.4 Å². The Morgan fingerprint density at radius 1 is 0.818 bits per heavy atom. The number of rotatable bonds is 3. The largest absolute Gasteiger partial charge is 0.481 e. The molecule has 0 atom stereocenters. The van der Waals surface area contributed by atoms with Crippen molar-refractivity contribution in [3.8, 4) is 11.3 Å². The van der Waals surface area contributed by atoms with Gasteiger partial charge in [0.05, 0.1) is 17.1 Å². The summed E-state index contributed by atoms with van der Waals surface area (Å²) >= 11 is 0. The molecule has 174 valence electrons. The Hall–Kier alpha value is -2.83. The van der Waals surface area contributed by atoms with Crippen molar-refractivity contribution in [3.63, 3.8) is 0 Å². The van der Waals surface area contributed by atoms with Crippen molar-refractivity contribution in [2.75, 3.05) is 40.3 Å².